The Hall–Kier alpha value is -5.27. The predicted molar refractivity (Wildman–Crippen MR) is 176 cm³/mol. The van der Waals surface area contributed by atoms with Crippen LogP contribution in [0.25, 0.3) is 33.1 Å². The van der Waals surface area contributed by atoms with Crippen LogP contribution in [0.3, 0.4) is 0 Å². The molecule has 7 aromatic rings. The lowest BCUT2D eigenvalue weighted by atomic mass is 9.77. The third-order valence-electron chi connectivity index (χ3n) is 8.79. The molecule has 0 bridgehead atoms. The molecule has 1 saturated heterocycles. The Bertz CT molecular complexity index is 1980. The van der Waals surface area contributed by atoms with Crippen LogP contribution in [0.4, 0.5) is 0 Å². The summed E-state index contributed by atoms with van der Waals surface area (Å²) in [4.78, 5) is 4.83. The fraction of sp³-hybridized carbons (Fsp3) is 0.184. The molecule has 4 heterocycles. The Morgan fingerprint density at radius 1 is 0.756 bits per heavy atom. The molecule has 0 spiro atoms. The monoisotopic (exact) mass is 591 g/mol. The van der Waals surface area contributed by atoms with Gasteiger partial charge in [-0.25, -0.2) is 9.67 Å². The molecule has 1 aliphatic rings. The van der Waals surface area contributed by atoms with E-state index in [1.807, 2.05) is 24.1 Å². The van der Waals surface area contributed by atoms with Crippen molar-refractivity contribution >= 4 is 21.8 Å². The number of ether oxygens (including phenoxy) is 2. The van der Waals surface area contributed by atoms with Gasteiger partial charge in [0.2, 0.25) is 5.88 Å². The van der Waals surface area contributed by atoms with Crippen molar-refractivity contribution in [2.45, 2.75) is 24.5 Å². The normalized spacial score (nSPS) is 14.2. The van der Waals surface area contributed by atoms with Gasteiger partial charge in [0, 0.05) is 43.2 Å². The second-order valence-electron chi connectivity index (χ2n) is 11.6. The summed E-state index contributed by atoms with van der Waals surface area (Å²) in [5, 5.41) is 12.1. The van der Waals surface area contributed by atoms with E-state index in [0.29, 0.717) is 19.1 Å². The molecule has 1 fully saturated rings. The predicted octanol–water partition coefficient (Wildman–Crippen LogP) is 7.38. The molecule has 7 heteroatoms. The molecular weight excluding hydrogens is 558 g/mol. The first kappa shape index (κ1) is 27.3. The second kappa shape index (κ2) is 11.3. The van der Waals surface area contributed by atoms with Crippen molar-refractivity contribution in [1.29, 1.82) is 0 Å². The standard InChI is InChI=1S/C38H33N5O2/c1-42-26-28-25-27(17-18-33(28)40-42)36-35-34(19-22-39-37(35)45-32-20-23-44-24-21-32)43(41-36)38(29-11-5-2-6-12-29,30-13-7-3-8-14-30)31-15-9-4-10-16-31/h2-19,22,25-26,32H,20-21,23-24H2,1H3. The third-order valence-corrected chi connectivity index (χ3v) is 8.79. The smallest absolute Gasteiger partial charge is 0.225 e. The fourth-order valence-electron chi connectivity index (χ4n) is 6.74. The molecule has 45 heavy (non-hydrogen) atoms. The number of aromatic nitrogens is 5. The maximum absolute atomic E-state index is 6.70. The van der Waals surface area contributed by atoms with Gasteiger partial charge in [-0.15, -0.1) is 0 Å². The number of pyridine rings is 1. The van der Waals surface area contributed by atoms with Crippen molar-refractivity contribution in [2.24, 2.45) is 7.05 Å². The van der Waals surface area contributed by atoms with Gasteiger partial charge in [-0.3, -0.25) is 4.68 Å². The van der Waals surface area contributed by atoms with E-state index in [4.69, 9.17) is 19.6 Å². The number of fused-ring (bicyclic) bond motifs is 2. The summed E-state index contributed by atoms with van der Waals surface area (Å²) in [7, 11) is 1.95. The SMILES string of the molecule is Cn1cc2cc(-c3nn(C(c4ccccc4)(c4ccccc4)c4ccccc4)c4ccnc(OC5CCOCC5)c34)ccc2n1. The molecule has 1 aliphatic heterocycles. The third kappa shape index (κ3) is 4.67. The molecule has 0 atom stereocenters. The molecule has 0 amide bonds. The van der Waals surface area contributed by atoms with Gasteiger partial charge < -0.3 is 9.47 Å². The minimum absolute atomic E-state index is 0.0241. The zero-order valence-electron chi connectivity index (χ0n) is 25.1. The van der Waals surface area contributed by atoms with E-state index in [-0.39, 0.29) is 6.10 Å². The van der Waals surface area contributed by atoms with Crippen LogP contribution in [0.5, 0.6) is 5.88 Å². The molecule has 7 nitrogen and oxygen atoms in total. The lowest BCUT2D eigenvalue weighted by Gasteiger charge is -2.37. The first-order chi connectivity index (χ1) is 22.2. The Balaban J connectivity index is 1.47. The zero-order chi connectivity index (χ0) is 30.2. The van der Waals surface area contributed by atoms with E-state index in [1.165, 1.54) is 0 Å². The first-order valence-electron chi connectivity index (χ1n) is 15.4. The van der Waals surface area contributed by atoms with Crippen molar-refractivity contribution in [1.82, 2.24) is 24.5 Å². The molecule has 0 N–H and O–H groups in total. The number of rotatable bonds is 7. The van der Waals surface area contributed by atoms with Gasteiger partial charge in [-0.2, -0.15) is 10.2 Å². The molecule has 0 unspecified atom stereocenters. The van der Waals surface area contributed by atoms with Crippen LogP contribution in [0.15, 0.2) is 128 Å². The Kier molecular flexibility index (Phi) is 6.88. The molecule has 0 radical (unpaired) electrons. The number of aryl methyl sites for hydroxylation is 1. The van der Waals surface area contributed by atoms with E-state index in [9.17, 15) is 0 Å². The van der Waals surface area contributed by atoms with Crippen molar-refractivity contribution in [3.05, 3.63) is 144 Å². The lowest BCUT2D eigenvalue weighted by molar-refractivity contribution is 0.0244. The summed E-state index contributed by atoms with van der Waals surface area (Å²) in [5.74, 6) is 0.593. The van der Waals surface area contributed by atoms with Crippen LogP contribution in [0.2, 0.25) is 0 Å². The molecule has 8 rings (SSSR count). The summed E-state index contributed by atoms with van der Waals surface area (Å²) in [6.45, 7) is 1.37. The van der Waals surface area contributed by atoms with Crippen molar-refractivity contribution < 1.29 is 9.47 Å². The number of nitrogens with zero attached hydrogens (tertiary/aromatic N) is 5. The maximum Gasteiger partial charge on any atom is 0.225 e. The highest BCUT2D eigenvalue weighted by atomic mass is 16.5. The number of hydrogen-bond acceptors (Lipinski definition) is 5. The van der Waals surface area contributed by atoms with E-state index >= 15 is 0 Å². The minimum Gasteiger partial charge on any atom is -0.474 e. The van der Waals surface area contributed by atoms with Gasteiger partial charge in [0.05, 0.1) is 29.6 Å². The van der Waals surface area contributed by atoms with Gasteiger partial charge in [0.25, 0.3) is 0 Å². The molecule has 4 aromatic carbocycles. The zero-order valence-corrected chi connectivity index (χ0v) is 25.1. The van der Waals surface area contributed by atoms with Crippen molar-refractivity contribution in [3.63, 3.8) is 0 Å². The lowest BCUT2D eigenvalue weighted by Crippen LogP contribution is -2.38. The van der Waals surface area contributed by atoms with Crippen LogP contribution in [-0.4, -0.2) is 43.9 Å². The Labute approximate surface area is 261 Å². The topological polar surface area (TPSA) is 67.0 Å². The first-order valence-corrected chi connectivity index (χ1v) is 15.4. The molecule has 222 valence electrons. The summed E-state index contributed by atoms with van der Waals surface area (Å²) >= 11 is 0. The minimum atomic E-state index is -0.796. The Morgan fingerprint density at radius 3 is 2.00 bits per heavy atom. The summed E-state index contributed by atoms with van der Waals surface area (Å²) in [5.41, 5.74) is 6.18. The van der Waals surface area contributed by atoms with Crippen molar-refractivity contribution in [3.8, 4) is 17.1 Å². The quantitative estimate of drug-likeness (QED) is 0.181. The highest BCUT2D eigenvalue weighted by Crippen LogP contribution is 2.45. The fourth-order valence-corrected chi connectivity index (χ4v) is 6.74. The number of hydrogen-bond donors (Lipinski definition) is 0. The van der Waals surface area contributed by atoms with Gasteiger partial charge in [0.15, 0.2) is 0 Å². The van der Waals surface area contributed by atoms with Gasteiger partial charge in [-0.1, -0.05) is 97.1 Å². The van der Waals surface area contributed by atoms with Crippen LogP contribution < -0.4 is 4.74 Å². The van der Waals surface area contributed by atoms with E-state index < -0.39 is 5.54 Å². The Morgan fingerprint density at radius 2 is 1.38 bits per heavy atom. The summed E-state index contributed by atoms with van der Waals surface area (Å²) in [6.07, 6.45) is 5.56. The van der Waals surface area contributed by atoms with Gasteiger partial charge >= 0.3 is 0 Å². The van der Waals surface area contributed by atoms with E-state index in [2.05, 4.69) is 125 Å². The van der Waals surface area contributed by atoms with Gasteiger partial charge in [-0.05, 0) is 34.9 Å². The summed E-state index contributed by atoms with van der Waals surface area (Å²) < 4.78 is 16.4. The molecule has 0 saturated carbocycles. The largest absolute Gasteiger partial charge is 0.474 e. The van der Waals surface area contributed by atoms with Gasteiger partial charge in [0.1, 0.15) is 17.3 Å². The van der Waals surface area contributed by atoms with Crippen LogP contribution in [0, 0.1) is 0 Å². The molecule has 3 aromatic heterocycles. The van der Waals surface area contributed by atoms with E-state index in [1.54, 1.807) is 0 Å². The average Bonchev–Trinajstić information content (AvgIpc) is 3.68. The van der Waals surface area contributed by atoms with Crippen LogP contribution in [-0.2, 0) is 17.3 Å². The maximum atomic E-state index is 6.70. The molecule has 0 aliphatic carbocycles. The highest BCUT2D eigenvalue weighted by Gasteiger charge is 2.41. The highest BCUT2D eigenvalue weighted by molar-refractivity contribution is 5.99. The van der Waals surface area contributed by atoms with Crippen LogP contribution >= 0.6 is 0 Å². The van der Waals surface area contributed by atoms with Crippen LogP contribution in [0.1, 0.15) is 29.5 Å². The number of benzene rings is 4. The van der Waals surface area contributed by atoms with Crippen molar-refractivity contribution in [2.75, 3.05) is 13.2 Å². The van der Waals surface area contributed by atoms with E-state index in [0.717, 1.165) is 62.6 Å². The second-order valence-corrected chi connectivity index (χ2v) is 11.6. The average molecular weight is 592 g/mol. The summed E-state index contributed by atoms with van der Waals surface area (Å²) in [6, 6.07) is 40.3. The molecular formula is C38H33N5O2.